The first-order valence-corrected chi connectivity index (χ1v) is 7.84. The molecule has 0 saturated heterocycles. The van der Waals surface area contributed by atoms with Gasteiger partial charge in [-0.2, -0.15) is 0 Å². The molecular formula is C17H28N4O2. The van der Waals surface area contributed by atoms with Crippen molar-refractivity contribution in [1.82, 2.24) is 16.0 Å². The van der Waals surface area contributed by atoms with Crippen molar-refractivity contribution in [3.63, 3.8) is 0 Å². The summed E-state index contributed by atoms with van der Waals surface area (Å²) in [6, 6.07) is 9.72. The van der Waals surface area contributed by atoms with Gasteiger partial charge in [0.15, 0.2) is 5.96 Å². The minimum Gasteiger partial charge on any atom is -0.494 e. The summed E-state index contributed by atoms with van der Waals surface area (Å²) in [5.74, 6) is 1.41. The van der Waals surface area contributed by atoms with Gasteiger partial charge in [0.1, 0.15) is 5.75 Å². The topological polar surface area (TPSA) is 74.8 Å². The van der Waals surface area contributed by atoms with Crippen LogP contribution in [0.2, 0.25) is 0 Å². The molecule has 1 rings (SSSR count). The molecule has 0 atom stereocenters. The van der Waals surface area contributed by atoms with Gasteiger partial charge < -0.3 is 20.7 Å². The summed E-state index contributed by atoms with van der Waals surface area (Å²) >= 11 is 0. The minimum atomic E-state index is -0.232. The third-order valence-corrected chi connectivity index (χ3v) is 2.78. The summed E-state index contributed by atoms with van der Waals surface area (Å²) in [6.45, 7) is 7.38. The molecule has 1 aromatic carbocycles. The fourth-order valence-electron chi connectivity index (χ4n) is 1.83. The Bertz CT molecular complexity index is 495. The Balaban J connectivity index is 2.15. The molecule has 6 heteroatoms. The van der Waals surface area contributed by atoms with Crippen molar-refractivity contribution in [3.05, 3.63) is 30.3 Å². The van der Waals surface area contributed by atoms with Crippen molar-refractivity contribution in [1.29, 1.82) is 0 Å². The zero-order valence-electron chi connectivity index (χ0n) is 14.5. The van der Waals surface area contributed by atoms with Crippen LogP contribution in [-0.4, -0.2) is 44.1 Å². The molecule has 1 amide bonds. The third kappa shape index (κ3) is 9.39. The number of ether oxygens (including phenoxy) is 1. The van der Waals surface area contributed by atoms with Gasteiger partial charge in [0, 0.05) is 19.1 Å². The van der Waals surface area contributed by atoms with E-state index in [1.165, 1.54) is 0 Å². The SMILES string of the molecule is CN=C(NCCCOc1ccccc1)NCC(=O)NC(C)(C)C. The largest absolute Gasteiger partial charge is 0.494 e. The Morgan fingerprint density at radius 2 is 1.87 bits per heavy atom. The van der Waals surface area contributed by atoms with Gasteiger partial charge in [-0.1, -0.05) is 18.2 Å². The van der Waals surface area contributed by atoms with E-state index in [9.17, 15) is 4.79 Å². The number of carbonyl (C=O) groups is 1. The lowest BCUT2D eigenvalue weighted by molar-refractivity contribution is -0.121. The quantitative estimate of drug-likeness (QED) is 0.405. The van der Waals surface area contributed by atoms with E-state index in [2.05, 4.69) is 20.9 Å². The van der Waals surface area contributed by atoms with Crippen molar-refractivity contribution in [3.8, 4) is 5.75 Å². The molecule has 6 nitrogen and oxygen atoms in total. The number of aliphatic imine (C=N–C) groups is 1. The highest BCUT2D eigenvalue weighted by Gasteiger charge is 2.13. The maximum absolute atomic E-state index is 11.7. The number of hydrogen-bond donors (Lipinski definition) is 3. The molecule has 0 bridgehead atoms. The molecule has 0 saturated carbocycles. The van der Waals surface area contributed by atoms with Gasteiger partial charge in [0.05, 0.1) is 13.2 Å². The third-order valence-electron chi connectivity index (χ3n) is 2.78. The van der Waals surface area contributed by atoms with E-state index in [4.69, 9.17) is 4.74 Å². The molecule has 23 heavy (non-hydrogen) atoms. The van der Waals surface area contributed by atoms with Crippen LogP contribution in [0.25, 0.3) is 0 Å². The Morgan fingerprint density at radius 1 is 1.17 bits per heavy atom. The molecule has 0 radical (unpaired) electrons. The summed E-state index contributed by atoms with van der Waals surface area (Å²) in [6.07, 6.45) is 0.837. The lowest BCUT2D eigenvalue weighted by atomic mass is 10.1. The molecule has 0 unspecified atom stereocenters. The molecule has 1 aromatic rings. The van der Waals surface area contributed by atoms with Gasteiger partial charge in [0.25, 0.3) is 0 Å². The van der Waals surface area contributed by atoms with E-state index in [1.54, 1.807) is 7.05 Å². The van der Waals surface area contributed by atoms with Crippen LogP contribution >= 0.6 is 0 Å². The minimum absolute atomic E-state index is 0.0622. The zero-order valence-corrected chi connectivity index (χ0v) is 14.5. The number of nitrogens with one attached hydrogen (secondary N) is 3. The van der Waals surface area contributed by atoms with Crippen LogP contribution in [0.5, 0.6) is 5.75 Å². The van der Waals surface area contributed by atoms with Crippen LogP contribution in [0, 0.1) is 0 Å². The zero-order chi connectivity index (χ0) is 17.1. The Hall–Kier alpha value is -2.24. The highest BCUT2D eigenvalue weighted by molar-refractivity contribution is 5.86. The lowest BCUT2D eigenvalue weighted by Crippen LogP contribution is -2.48. The molecule has 128 valence electrons. The Labute approximate surface area is 138 Å². The van der Waals surface area contributed by atoms with Crippen molar-refractivity contribution in [2.75, 3.05) is 26.7 Å². The van der Waals surface area contributed by atoms with Crippen molar-refractivity contribution >= 4 is 11.9 Å². The van der Waals surface area contributed by atoms with Crippen molar-refractivity contribution < 1.29 is 9.53 Å². The van der Waals surface area contributed by atoms with Gasteiger partial charge >= 0.3 is 0 Å². The summed E-state index contributed by atoms with van der Waals surface area (Å²) in [4.78, 5) is 15.8. The number of para-hydroxylation sites is 1. The van der Waals surface area contributed by atoms with Crippen LogP contribution in [0.3, 0.4) is 0 Å². The number of guanidine groups is 1. The van der Waals surface area contributed by atoms with E-state index in [0.717, 1.165) is 12.2 Å². The second-order valence-electron chi connectivity index (χ2n) is 6.17. The number of nitrogens with zero attached hydrogens (tertiary/aromatic N) is 1. The summed E-state index contributed by atoms with van der Waals surface area (Å²) in [5.41, 5.74) is -0.232. The van der Waals surface area contributed by atoms with Crippen molar-refractivity contribution in [2.24, 2.45) is 4.99 Å². The van der Waals surface area contributed by atoms with E-state index in [1.807, 2.05) is 51.1 Å². The monoisotopic (exact) mass is 320 g/mol. The van der Waals surface area contributed by atoms with Crippen LogP contribution in [0.1, 0.15) is 27.2 Å². The van der Waals surface area contributed by atoms with E-state index in [0.29, 0.717) is 19.1 Å². The fourth-order valence-corrected chi connectivity index (χ4v) is 1.83. The molecule has 0 aliphatic rings. The van der Waals surface area contributed by atoms with E-state index < -0.39 is 0 Å². The Kier molecular flexibility index (Phi) is 7.94. The van der Waals surface area contributed by atoms with Gasteiger partial charge in [-0.15, -0.1) is 0 Å². The average Bonchev–Trinajstić information content (AvgIpc) is 2.49. The predicted octanol–water partition coefficient (Wildman–Crippen LogP) is 1.54. The molecular weight excluding hydrogens is 292 g/mol. The first-order chi connectivity index (χ1) is 10.9. The van der Waals surface area contributed by atoms with E-state index >= 15 is 0 Å². The van der Waals surface area contributed by atoms with Crippen LogP contribution in [-0.2, 0) is 4.79 Å². The molecule has 0 heterocycles. The maximum atomic E-state index is 11.7. The molecule has 3 N–H and O–H groups in total. The number of benzene rings is 1. The average molecular weight is 320 g/mol. The first kappa shape index (κ1) is 18.8. The fraction of sp³-hybridized carbons (Fsp3) is 0.529. The molecule has 0 spiro atoms. The highest BCUT2D eigenvalue weighted by atomic mass is 16.5. The van der Waals surface area contributed by atoms with Gasteiger partial charge in [0.2, 0.25) is 5.91 Å². The molecule has 0 aliphatic heterocycles. The number of amides is 1. The lowest BCUT2D eigenvalue weighted by Gasteiger charge is -2.21. The van der Waals surface area contributed by atoms with Crippen LogP contribution < -0.4 is 20.7 Å². The van der Waals surface area contributed by atoms with Crippen LogP contribution in [0.4, 0.5) is 0 Å². The maximum Gasteiger partial charge on any atom is 0.239 e. The number of carbonyl (C=O) groups excluding carboxylic acids is 1. The highest BCUT2D eigenvalue weighted by Crippen LogP contribution is 2.07. The Morgan fingerprint density at radius 3 is 2.48 bits per heavy atom. The summed E-state index contributed by atoms with van der Waals surface area (Å²) in [7, 11) is 1.68. The smallest absolute Gasteiger partial charge is 0.239 e. The summed E-state index contributed by atoms with van der Waals surface area (Å²) < 4.78 is 5.61. The normalized spacial score (nSPS) is 11.7. The van der Waals surface area contributed by atoms with Crippen molar-refractivity contribution in [2.45, 2.75) is 32.7 Å². The van der Waals surface area contributed by atoms with Crippen LogP contribution in [0.15, 0.2) is 35.3 Å². The van der Waals surface area contributed by atoms with Gasteiger partial charge in [-0.05, 0) is 39.3 Å². The molecule has 0 aromatic heterocycles. The first-order valence-electron chi connectivity index (χ1n) is 7.84. The van der Waals surface area contributed by atoms with Gasteiger partial charge in [-0.25, -0.2) is 0 Å². The second kappa shape index (κ2) is 9.71. The molecule has 0 aliphatic carbocycles. The van der Waals surface area contributed by atoms with E-state index in [-0.39, 0.29) is 18.0 Å². The second-order valence-corrected chi connectivity index (χ2v) is 6.17. The standard InChI is InChI=1S/C17H28N4O2/c1-17(2,3)21-15(22)13-20-16(18-4)19-11-8-12-23-14-9-6-5-7-10-14/h5-7,9-10H,8,11-13H2,1-4H3,(H,21,22)(H2,18,19,20). The predicted molar refractivity (Wildman–Crippen MR) is 93.8 cm³/mol. The molecule has 0 fully saturated rings. The number of hydrogen-bond acceptors (Lipinski definition) is 3. The van der Waals surface area contributed by atoms with Gasteiger partial charge in [-0.3, -0.25) is 9.79 Å². The summed E-state index contributed by atoms with van der Waals surface area (Å²) in [5, 5.41) is 9.03. The number of rotatable bonds is 7.